The number of rotatable bonds is 5. The lowest BCUT2D eigenvalue weighted by Gasteiger charge is -2.25. The van der Waals surface area contributed by atoms with Gasteiger partial charge in [-0.2, -0.15) is 5.10 Å². The zero-order valence-corrected chi connectivity index (χ0v) is 16.3. The normalized spacial score (nSPS) is 16.0. The lowest BCUT2D eigenvalue weighted by Crippen LogP contribution is -2.33. The third-order valence-electron chi connectivity index (χ3n) is 5.28. The summed E-state index contributed by atoms with van der Waals surface area (Å²) in [5.74, 6) is 0.643. The van der Waals surface area contributed by atoms with Crippen LogP contribution in [0.15, 0.2) is 71.5 Å². The van der Waals surface area contributed by atoms with Gasteiger partial charge in [0, 0.05) is 12.6 Å². The van der Waals surface area contributed by atoms with Gasteiger partial charge in [0.25, 0.3) is 11.5 Å². The Morgan fingerprint density at radius 3 is 2.55 bits per heavy atom. The number of nitrogens with zero attached hydrogens (tertiary/aromatic N) is 3. The van der Waals surface area contributed by atoms with Crippen molar-refractivity contribution in [2.45, 2.75) is 25.4 Å². The Bertz CT molecular complexity index is 1040. The standard InChI is InChI=1S/C23H23N3O3/c1-29-19-11-9-18(10-12-19)21-8-5-15-25(21)23(28)20-13-14-22(27)26(24-20)16-17-6-3-2-4-7-17/h2-4,6-7,9-14,21H,5,8,15-16H2,1H3/t21-/m0/s1. The largest absolute Gasteiger partial charge is 0.497 e. The Hall–Kier alpha value is -3.41. The highest BCUT2D eigenvalue weighted by atomic mass is 16.5. The van der Waals surface area contributed by atoms with Gasteiger partial charge in [0.05, 0.1) is 19.7 Å². The van der Waals surface area contributed by atoms with Crippen molar-refractivity contribution in [3.63, 3.8) is 0 Å². The molecule has 2 aromatic carbocycles. The van der Waals surface area contributed by atoms with E-state index in [9.17, 15) is 9.59 Å². The van der Waals surface area contributed by atoms with Gasteiger partial charge in [-0.15, -0.1) is 0 Å². The maximum Gasteiger partial charge on any atom is 0.274 e. The van der Waals surface area contributed by atoms with Gasteiger partial charge < -0.3 is 9.64 Å². The Morgan fingerprint density at radius 1 is 1.07 bits per heavy atom. The van der Waals surface area contributed by atoms with Crippen LogP contribution in [0.3, 0.4) is 0 Å². The summed E-state index contributed by atoms with van der Waals surface area (Å²) >= 11 is 0. The van der Waals surface area contributed by atoms with E-state index >= 15 is 0 Å². The zero-order chi connectivity index (χ0) is 20.2. The molecule has 1 amide bonds. The molecule has 0 N–H and O–H groups in total. The van der Waals surface area contributed by atoms with E-state index in [0.717, 1.165) is 29.7 Å². The SMILES string of the molecule is COc1ccc([C@@H]2CCCN2C(=O)c2ccc(=O)n(Cc3ccccc3)n2)cc1. The van der Waals surface area contributed by atoms with Crippen LogP contribution in [0.4, 0.5) is 0 Å². The van der Waals surface area contributed by atoms with Crippen molar-refractivity contribution in [2.75, 3.05) is 13.7 Å². The monoisotopic (exact) mass is 389 g/mol. The van der Waals surface area contributed by atoms with E-state index in [2.05, 4.69) is 5.10 Å². The molecule has 0 unspecified atom stereocenters. The topological polar surface area (TPSA) is 64.4 Å². The molecule has 148 valence electrons. The van der Waals surface area contributed by atoms with Gasteiger partial charge in [0.15, 0.2) is 0 Å². The summed E-state index contributed by atoms with van der Waals surface area (Å²) in [6.07, 6.45) is 1.84. The summed E-state index contributed by atoms with van der Waals surface area (Å²) in [7, 11) is 1.64. The summed E-state index contributed by atoms with van der Waals surface area (Å²) in [6.45, 7) is 1.01. The number of aromatic nitrogens is 2. The van der Waals surface area contributed by atoms with Crippen molar-refractivity contribution in [3.05, 3.63) is 93.9 Å². The summed E-state index contributed by atoms with van der Waals surface area (Å²) in [6, 6.07) is 20.4. The van der Waals surface area contributed by atoms with Crippen LogP contribution in [-0.2, 0) is 6.54 Å². The third kappa shape index (κ3) is 4.06. The van der Waals surface area contributed by atoms with Gasteiger partial charge in [0.2, 0.25) is 0 Å². The van der Waals surface area contributed by atoms with E-state index in [4.69, 9.17) is 4.74 Å². The van der Waals surface area contributed by atoms with Gasteiger partial charge in [0.1, 0.15) is 11.4 Å². The van der Waals surface area contributed by atoms with Gasteiger partial charge in [-0.05, 0) is 42.2 Å². The molecule has 1 aromatic heterocycles. The molecule has 0 saturated carbocycles. The van der Waals surface area contributed by atoms with Crippen LogP contribution >= 0.6 is 0 Å². The molecular weight excluding hydrogens is 366 g/mol. The van der Waals surface area contributed by atoms with E-state index < -0.39 is 0 Å². The number of benzene rings is 2. The Labute approximate surface area is 169 Å². The minimum absolute atomic E-state index is 0.00436. The summed E-state index contributed by atoms with van der Waals surface area (Å²) < 4.78 is 6.57. The fraction of sp³-hybridized carbons (Fsp3) is 0.261. The number of hydrogen-bond acceptors (Lipinski definition) is 4. The third-order valence-corrected chi connectivity index (χ3v) is 5.28. The van der Waals surface area contributed by atoms with E-state index in [1.807, 2.05) is 59.5 Å². The predicted octanol–water partition coefficient (Wildman–Crippen LogP) is 3.28. The van der Waals surface area contributed by atoms with Crippen molar-refractivity contribution in [1.29, 1.82) is 0 Å². The van der Waals surface area contributed by atoms with Crippen LogP contribution in [0.25, 0.3) is 0 Å². The Balaban J connectivity index is 1.58. The van der Waals surface area contributed by atoms with Gasteiger partial charge in [-0.25, -0.2) is 4.68 Å². The first-order valence-corrected chi connectivity index (χ1v) is 9.73. The minimum Gasteiger partial charge on any atom is -0.497 e. The van der Waals surface area contributed by atoms with Crippen LogP contribution in [-0.4, -0.2) is 34.2 Å². The fourth-order valence-electron chi connectivity index (χ4n) is 3.76. The fourth-order valence-corrected chi connectivity index (χ4v) is 3.76. The molecule has 3 aromatic rings. The first kappa shape index (κ1) is 18.9. The molecule has 0 aliphatic carbocycles. The number of ether oxygens (including phenoxy) is 1. The van der Waals surface area contributed by atoms with Crippen molar-refractivity contribution in [1.82, 2.24) is 14.7 Å². The molecule has 1 fully saturated rings. The quantitative estimate of drug-likeness (QED) is 0.672. The average Bonchev–Trinajstić information content (AvgIpc) is 3.25. The van der Waals surface area contributed by atoms with E-state index in [1.165, 1.54) is 16.8 Å². The number of methoxy groups -OCH3 is 1. The van der Waals surface area contributed by atoms with Crippen LogP contribution < -0.4 is 10.3 Å². The number of likely N-dealkylation sites (tertiary alicyclic amines) is 1. The molecule has 0 bridgehead atoms. The highest BCUT2D eigenvalue weighted by molar-refractivity contribution is 5.92. The molecule has 6 nitrogen and oxygen atoms in total. The van der Waals surface area contributed by atoms with E-state index in [0.29, 0.717) is 18.8 Å². The minimum atomic E-state index is -0.224. The zero-order valence-electron chi connectivity index (χ0n) is 16.3. The molecule has 4 rings (SSSR count). The second-order valence-electron chi connectivity index (χ2n) is 7.13. The Morgan fingerprint density at radius 2 is 1.83 bits per heavy atom. The smallest absolute Gasteiger partial charge is 0.274 e. The lowest BCUT2D eigenvalue weighted by molar-refractivity contribution is 0.0727. The maximum atomic E-state index is 13.2. The molecule has 0 radical (unpaired) electrons. The predicted molar refractivity (Wildman–Crippen MR) is 110 cm³/mol. The number of amides is 1. The molecule has 1 aliphatic heterocycles. The highest BCUT2D eigenvalue weighted by Crippen LogP contribution is 2.33. The highest BCUT2D eigenvalue weighted by Gasteiger charge is 2.31. The van der Waals surface area contributed by atoms with Crippen molar-refractivity contribution in [2.24, 2.45) is 0 Å². The van der Waals surface area contributed by atoms with E-state index in [-0.39, 0.29) is 17.5 Å². The maximum absolute atomic E-state index is 13.2. The molecule has 6 heteroatoms. The van der Waals surface area contributed by atoms with Gasteiger partial charge in [-0.1, -0.05) is 42.5 Å². The van der Waals surface area contributed by atoms with Gasteiger partial charge in [-0.3, -0.25) is 9.59 Å². The summed E-state index contributed by atoms with van der Waals surface area (Å²) in [5.41, 5.74) is 2.11. The molecule has 1 saturated heterocycles. The number of carbonyl (C=O) groups excluding carboxylic acids is 1. The molecular formula is C23H23N3O3. The van der Waals surface area contributed by atoms with Crippen LogP contribution in [0.5, 0.6) is 5.75 Å². The summed E-state index contributed by atoms with van der Waals surface area (Å²) in [4.78, 5) is 27.3. The molecule has 1 atom stereocenters. The lowest BCUT2D eigenvalue weighted by atomic mass is 10.0. The molecule has 1 aliphatic rings. The summed E-state index contributed by atoms with van der Waals surface area (Å²) in [5, 5.41) is 4.36. The van der Waals surface area contributed by atoms with Crippen molar-refractivity contribution >= 4 is 5.91 Å². The average molecular weight is 389 g/mol. The first-order valence-electron chi connectivity index (χ1n) is 9.73. The first-order chi connectivity index (χ1) is 14.2. The number of carbonyl (C=O) groups is 1. The number of hydrogen-bond donors (Lipinski definition) is 0. The van der Waals surface area contributed by atoms with E-state index in [1.54, 1.807) is 7.11 Å². The molecule has 29 heavy (non-hydrogen) atoms. The molecule has 0 spiro atoms. The molecule has 2 heterocycles. The Kier molecular flexibility index (Phi) is 5.42. The van der Waals surface area contributed by atoms with Gasteiger partial charge >= 0.3 is 0 Å². The van der Waals surface area contributed by atoms with Crippen LogP contribution in [0.1, 0.15) is 40.5 Å². The van der Waals surface area contributed by atoms with Crippen LogP contribution in [0.2, 0.25) is 0 Å². The van der Waals surface area contributed by atoms with Crippen molar-refractivity contribution in [3.8, 4) is 5.75 Å². The second-order valence-corrected chi connectivity index (χ2v) is 7.13. The second kappa shape index (κ2) is 8.31. The van der Waals surface area contributed by atoms with Crippen molar-refractivity contribution < 1.29 is 9.53 Å². The van der Waals surface area contributed by atoms with Crippen LogP contribution in [0, 0.1) is 0 Å².